The molecule has 3 heteroatoms. The molecule has 2 aromatic carbocycles. The lowest BCUT2D eigenvalue weighted by molar-refractivity contribution is 0.693. The maximum absolute atomic E-state index is 4.22. The van der Waals surface area contributed by atoms with Gasteiger partial charge in [-0.2, -0.15) is 5.10 Å². The third-order valence-corrected chi connectivity index (χ3v) is 3.21. The monoisotopic (exact) mass is 263 g/mol. The van der Waals surface area contributed by atoms with E-state index in [0.717, 1.165) is 18.8 Å². The molecule has 0 bridgehead atoms. The van der Waals surface area contributed by atoms with E-state index >= 15 is 0 Å². The zero-order valence-electron chi connectivity index (χ0n) is 11.2. The molecule has 100 valence electrons. The van der Waals surface area contributed by atoms with Crippen LogP contribution in [0.3, 0.4) is 0 Å². The van der Waals surface area contributed by atoms with Gasteiger partial charge in [0.15, 0.2) is 0 Å². The van der Waals surface area contributed by atoms with E-state index in [-0.39, 0.29) is 0 Å². The Morgan fingerprint density at radius 1 is 0.800 bits per heavy atom. The first-order valence-corrected chi connectivity index (χ1v) is 6.75. The van der Waals surface area contributed by atoms with Crippen molar-refractivity contribution in [2.45, 2.75) is 13.1 Å². The van der Waals surface area contributed by atoms with Gasteiger partial charge in [-0.3, -0.25) is 0 Å². The second-order valence-corrected chi connectivity index (χ2v) is 4.71. The lowest BCUT2D eigenvalue weighted by Gasteiger charge is -2.06. The lowest BCUT2D eigenvalue weighted by atomic mass is 10.2. The number of hydrogen-bond donors (Lipinski definition) is 1. The molecule has 0 fully saturated rings. The smallest absolute Gasteiger partial charge is 0.0645 e. The number of hydrogen-bond acceptors (Lipinski definition) is 2. The molecule has 3 rings (SSSR count). The summed E-state index contributed by atoms with van der Waals surface area (Å²) in [5.41, 5.74) is 3.67. The topological polar surface area (TPSA) is 29.9 Å². The van der Waals surface area contributed by atoms with Crippen LogP contribution >= 0.6 is 0 Å². The summed E-state index contributed by atoms with van der Waals surface area (Å²) in [5, 5.41) is 7.67. The summed E-state index contributed by atoms with van der Waals surface area (Å²) in [6.45, 7) is 1.76. The average Bonchev–Trinajstić information content (AvgIpc) is 3.03. The molecule has 1 aromatic heterocycles. The zero-order chi connectivity index (χ0) is 13.6. The first-order valence-electron chi connectivity index (χ1n) is 6.75. The molecule has 0 aliphatic heterocycles. The Hall–Kier alpha value is -2.39. The molecule has 0 saturated carbocycles. The van der Waals surface area contributed by atoms with E-state index in [9.17, 15) is 0 Å². The number of benzene rings is 2. The van der Waals surface area contributed by atoms with Crippen LogP contribution in [-0.4, -0.2) is 9.78 Å². The third kappa shape index (κ3) is 3.13. The Bertz CT molecular complexity index is 628. The summed E-state index contributed by atoms with van der Waals surface area (Å²) in [6, 6.07) is 20.8. The highest BCUT2D eigenvalue weighted by Gasteiger charge is 1.97. The van der Waals surface area contributed by atoms with Gasteiger partial charge in [0, 0.05) is 25.5 Å². The highest BCUT2D eigenvalue weighted by atomic mass is 15.3. The van der Waals surface area contributed by atoms with Gasteiger partial charge in [-0.05, 0) is 29.3 Å². The van der Waals surface area contributed by atoms with E-state index in [4.69, 9.17) is 0 Å². The Labute approximate surface area is 118 Å². The quantitative estimate of drug-likeness (QED) is 0.766. The van der Waals surface area contributed by atoms with Crippen molar-refractivity contribution >= 4 is 0 Å². The van der Waals surface area contributed by atoms with Crippen LogP contribution in [0, 0.1) is 0 Å². The molecule has 0 saturated heterocycles. The molecule has 1 N–H and O–H groups in total. The molecule has 0 radical (unpaired) electrons. The van der Waals surface area contributed by atoms with Crippen LogP contribution in [0.1, 0.15) is 11.1 Å². The first kappa shape index (κ1) is 12.6. The molecule has 3 aromatic rings. The predicted octanol–water partition coefficient (Wildman–Crippen LogP) is 3.16. The Balaban J connectivity index is 1.56. The average molecular weight is 263 g/mol. The van der Waals surface area contributed by atoms with Crippen molar-refractivity contribution in [2.24, 2.45) is 0 Å². The highest BCUT2D eigenvalue weighted by Crippen LogP contribution is 2.08. The summed E-state index contributed by atoms with van der Waals surface area (Å²) in [5.74, 6) is 0. The maximum atomic E-state index is 4.22. The normalized spacial score (nSPS) is 10.6. The minimum atomic E-state index is 0.869. The molecule has 1 heterocycles. The standard InChI is InChI=1S/C17H17N3/c1-2-5-15(6-3-1)13-18-14-16-7-9-17(10-8-16)20-12-4-11-19-20/h1-12,18H,13-14H2. The van der Waals surface area contributed by atoms with Crippen molar-refractivity contribution in [3.05, 3.63) is 84.2 Å². The van der Waals surface area contributed by atoms with E-state index in [1.165, 1.54) is 11.1 Å². The number of nitrogens with one attached hydrogen (secondary N) is 1. The molecule has 0 spiro atoms. The fourth-order valence-corrected chi connectivity index (χ4v) is 2.14. The van der Waals surface area contributed by atoms with Crippen LogP contribution in [-0.2, 0) is 13.1 Å². The fraction of sp³-hybridized carbons (Fsp3) is 0.118. The van der Waals surface area contributed by atoms with Crippen LogP contribution < -0.4 is 5.32 Å². The van der Waals surface area contributed by atoms with Crippen LogP contribution in [0.5, 0.6) is 0 Å². The van der Waals surface area contributed by atoms with E-state index in [1.54, 1.807) is 6.20 Å². The lowest BCUT2D eigenvalue weighted by Crippen LogP contribution is -2.12. The van der Waals surface area contributed by atoms with Gasteiger partial charge in [0.1, 0.15) is 0 Å². The molecule has 0 unspecified atom stereocenters. The fourth-order valence-electron chi connectivity index (χ4n) is 2.14. The van der Waals surface area contributed by atoms with E-state index in [2.05, 4.69) is 58.9 Å². The molecular formula is C17H17N3. The van der Waals surface area contributed by atoms with Crippen LogP contribution in [0.25, 0.3) is 5.69 Å². The Kier molecular flexibility index (Phi) is 3.90. The van der Waals surface area contributed by atoms with Gasteiger partial charge in [0.2, 0.25) is 0 Å². The first-order chi connectivity index (χ1) is 9.92. The number of aromatic nitrogens is 2. The molecule has 3 nitrogen and oxygen atoms in total. The minimum absolute atomic E-state index is 0.869. The molecule has 0 atom stereocenters. The maximum Gasteiger partial charge on any atom is 0.0645 e. The zero-order valence-corrected chi connectivity index (χ0v) is 11.2. The molecule has 0 aliphatic rings. The van der Waals surface area contributed by atoms with Crippen molar-refractivity contribution in [1.29, 1.82) is 0 Å². The summed E-state index contributed by atoms with van der Waals surface area (Å²) >= 11 is 0. The molecule has 20 heavy (non-hydrogen) atoms. The van der Waals surface area contributed by atoms with Crippen molar-refractivity contribution in [3.8, 4) is 5.69 Å². The van der Waals surface area contributed by atoms with Gasteiger partial charge in [0.05, 0.1) is 5.69 Å². The predicted molar refractivity (Wildman–Crippen MR) is 80.5 cm³/mol. The minimum Gasteiger partial charge on any atom is -0.309 e. The highest BCUT2D eigenvalue weighted by molar-refractivity contribution is 5.33. The molecule has 0 aliphatic carbocycles. The summed E-state index contributed by atoms with van der Waals surface area (Å²) in [4.78, 5) is 0. The molecule has 0 amide bonds. The van der Waals surface area contributed by atoms with E-state index in [0.29, 0.717) is 0 Å². The van der Waals surface area contributed by atoms with Crippen molar-refractivity contribution in [3.63, 3.8) is 0 Å². The van der Waals surface area contributed by atoms with Crippen LogP contribution in [0.15, 0.2) is 73.1 Å². The summed E-state index contributed by atoms with van der Waals surface area (Å²) in [6.07, 6.45) is 3.73. The SMILES string of the molecule is c1ccc(CNCc2ccc(-n3cccn3)cc2)cc1. The molecular weight excluding hydrogens is 246 g/mol. The van der Waals surface area contributed by atoms with Gasteiger partial charge in [0.25, 0.3) is 0 Å². The van der Waals surface area contributed by atoms with Crippen LogP contribution in [0.2, 0.25) is 0 Å². The Morgan fingerprint density at radius 3 is 2.15 bits per heavy atom. The number of nitrogens with zero attached hydrogens (tertiary/aromatic N) is 2. The van der Waals surface area contributed by atoms with Crippen LogP contribution in [0.4, 0.5) is 0 Å². The van der Waals surface area contributed by atoms with Gasteiger partial charge in [-0.1, -0.05) is 42.5 Å². The summed E-state index contributed by atoms with van der Waals surface area (Å²) in [7, 11) is 0. The van der Waals surface area contributed by atoms with E-state index in [1.807, 2.05) is 23.0 Å². The Morgan fingerprint density at radius 2 is 1.50 bits per heavy atom. The van der Waals surface area contributed by atoms with Crippen molar-refractivity contribution < 1.29 is 0 Å². The second kappa shape index (κ2) is 6.17. The van der Waals surface area contributed by atoms with E-state index < -0.39 is 0 Å². The van der Waals surface area contributed by atoms with Crippen molar-refractivity contribution in [2.75, 3.05) is 0 Å². The summed E-state index contributed by atoms with van der Waals surface area (Å²) < 4.78 is 1.86. The second-order valence-electron chi connectivity index (χ2n) is 4.71. The van der Waals surface area contributed by atoms with Gasteiger partial charge in [-0.25, -0.2) is 4.68 Å². The van der Waals surface area contributed by atoms with Crippen molar-refractivity contribution in [1.82, 2.24) is 15.1 Å². The largest absolute Gasteiger partial charge is 0.309 e. The van der Waals surface area contributed by atoms with Gasteiger partial charge in [-0.15, -0.1) is 0 Å². The van der Waals surface area contributed by atoms with Gasteiger partial charge < -0.3 is 5.32 Å². The van der Waals surface area contributed by atoms with Gasteiger partial charge >= 0.3 is 0 Å². The third-order valence-electron chi connectivity index (χ3n) is 3.21. The number of rotatable bonds is 5.